The van der Waals surface area contributed by atoms with Crippen molar-refractivity contribution in [1.29, 1.82) is 0 Å². The van der Waals surface area contributed by atoms with Crippen LogP contribution in [0.2, 0.25) is 0 Å². The van der Waals surface area contributed by atoms with Crippen molar-refractivity contribution in [1.82, 2.24) is 4.90 Å². The van der Waals surface area contributed by atoms with E-state index in [9.17, 15) is 14.9 Å². The molecule has 1 rings (SSSR count). The molecule has 20 heavy (non-hydrogen) atoms. The molecule has 7 heteroatoms. The van der Waals surface area contributed by atoms with Gasteiger partial charge in [0, 0.05) is 30.5 Å². The molecule has 1 aromatic carbocycles. The van der Waals surface area contributed by atoms with Gasteiger partial charge in [0.1, 0.15) is 0 Å². The van der Waals surface area contributed by atoms with Crippen molar-refractivity contribution in [2.75, 3.05) is 19.1 Å². The fourth-order valence-corrected chi connectivity index (χ4v) is 3.09. The molecule has 0 heterocycles. The monoisotopic (exact) mass is 360 g/mol. The van der Waals surface area contributed by atoms with Gasteiger partial charge in [-0.1, -0.05) is 6.92 Å². The first kappa shape index (κ1) is 17.0. The molecule has 0 radical (unpaired) electrons. The summed E-state index contributed by atoms with van der Waals surface area (Å²) in [7, 11) is 1.74. The summed E-state index contributed by atoms with van der Waals surface area (Å²) in [6.45, 7) is 2.02. The second-order valence-electron chi connectivity index (χ2n) is 4.36. The fourth-order valence-electron chi connectivity index (χ4n) is 1.85. The summed E-state index contributed by atoms with van der Waals surface area (Å²) in [5.41, 5.74) is 0.240. The number of carbonyl (C=O) groups excluding carboxylic acids is 1. The number of thioether (sulfide) groups is 1. The molecule has 1 aromatic rings. The lowest BCUT2D eigenvalue weighted by Gasteiger charge is -2.26. The summed E-state index contributed by atoms with van der Waals surface area (Å²) in [4.78, 5) is 24.4. The molecule has 5 nitrogen and oxygen atoms in total. The van der Waals surface area contributed by atoms with E-state index in [4.69, 9.17) is 0 Å². The molecule has 1 atom stereocenters. The van der Waals surface area contributed by atoms with Crippen molar-refractivity contribution < 1.29 is 9.72 Å². The van der Waals surface area contributed by atoms with Crippen LogP contribution in [-0.4, -0.2) is 40.8 Å². The van der Waals surface area contributed by atoms with E-state index in [1.54, 1.807) is 29.8 Å². The third kappa shape index (κ3) is 3.96. The van der Waals surface area contributed by atoms with Crippen molar-refractivity contribution in [3.05, 3.63) is 38.3 Å². The van der Waals surface area contributed by atoms with Crippen molar-refractivity contribution in [2.24, 2.45) is 0 Å². The van der Waals surface area contributed by atoms with E-state index in [1.807, 2.05) is 13.2 Å². The molecular formula is C13H17BrN2O3S. The van der Waals surface area contributed by atoms with E-state index in [1.165, 1.54) is 12.1 Å². The van der Waals surface area contributed by atoms with Crippen molar-refractivity contribution in [3.8, 4) is 0 Å². The molecule has 0 aliphatic heterocycles. The van der Waals surface area contributed by atoms with Crippen LogP contribution < -0.4 is 0 Å². The Morgan fingerprint density at radius 2 is 2.20 bits per heavy atom. The fraction of sp³-hybridized carbons (Fsp3) is 0.462. The Bertz CT molecular complexity index is 510. The van der Waals surface area contributed by atoms with E-state index in [0.717, 1.165) is 12.2 Å². The molecule has 0 fully saturated rings. The summed E-state index contributed by atoms with van der Waals surface area (Å²) in [6.07, 6.45) is 2.84. The van der Waals surface area contributed by atoms with Crippen molar-refractivity contribution >= 4 is 39.3 Å². The van der Waals surface area contributed by atoms with Crippen LogP contribution in [0.3, 0.4) is 0 Å². The lowest BCUT2D eigenvalue weighted by atomic mass is 10.1. The quantitative estimate of drug-likeness (QED) is 0.574. The van der Waals surface area contributed by atoms with Gasteiger partial charge in [0.2, 0.25) is 0 Å². The SMILES string of the molecule is CCC(CSC)N(C)C(=O)c1ccc(Br)c([N+](=O)[O-])c1. The molecule has 0 saturated heterocycles. The van der Waals surface area contributed by atoms with Crippen LogP contribution in [0.15, 0.2) is 22.7 Å². The van der Waals surface area contributed by atoms with Crippen LogP contribution in [0, 0.1) is 10.1 Å². The summed E-state index contributed by atoms with van der Waals surface area (Å²) in [6, 6.07) is 4.57. The minimum Gasteiger partial charge on any atom is -0.338 e. The Morgan fingerprint density at radius 1 is 1.55 bits per heavy atom. The maximum atomic E-state index is 12.4. The number of carbonyl (C=O) groups is 1. The van der Waals surface area contributed by atoms with Gasteiger partial charge in [-0.25, -0.2) is 0 Å². The number of hydrogen-bond donors (Lipinski definition) is 0. The van der Waals surface area contributed by atoms with Gasteiger partial charge in [0.25, 0.3) is 11.6 Å². The van der Waals surface area contributed by atoms with Crippen LogP contribution in [0.25, 0.3) is 0 Å². The molecule has 0 bridgehead atoms. The van der Waals surface area contributed by atoms with Crippen molar-refractivity contribution in [3.63, 3.8) is 0 Å². The van der Waals surface area contributed by atoms with Gasteiger partial charge in [-0.15, -0.1) is 0 Å². The Balaban J connectivity index is 3.02. The van der Waals surface area contributed by atoms with Crippen LogP contribution in [0.5, 0.6) is 0 Å². The Labute approximate surface area is 131 Å². The van der Waals surface area contributed by atoms with Crippen LogP contribution in [0.1, 0.15) is 23.7 Å². The minimum atomic E-state index is -0.500. The zero-order chi connectivity index (χ0) is 15.3. The van der Waals surface area contributed by atoms with Gasteiger partial charge in [-0.2, -0.15) is 11.8 Å². The van der Waals surface area contributed by atoms with E-state index in [2.05, 4.69) is 15.9 Å². The van der Waals surface area contributed by atoms with E-state index in [-0.39, 0.29) is 17.6 Å². The highest BCUT2D eigenvalue weighted by Gasteiger charge is 2.22. The van der Waals surface area contributed by atoms with E-state index in [0.29, 0.717) is 10.0 Å². The number of benzene rings is 1. The average molecular weight is 361 g/mol. The number of rotatable bonds is 6. The number of amides is 1. The molecule has 0 spiro atoms. The van der Waals surface area contributed by atoms with Gasteiger partial charge in [-0.3, -0.25) is 14.9 Å². The van der Waals surface area contributed by atoms with Gasteiger partial charge in [0.05, 0.1) is 9.40 Å². The predicted molar refractivity (Wildman–Crippen MR) is 85.4 cm³/mol. The third-order valence-electron chi connectivity index (χ3n) is 3.09. The first-order valence-electron chi connectivity index (χ1n) is 6.12. The highest BCUT2D eigenvalue weighted by atomic mass is 79.9. The summed E-state index contributed by atoms with van der Waals surface area (Å²) >= 11 is 4.79. The number of hydrogen-bond acceptors (Lipinski definition) is 4. The number of nitrogens with zero attached hydrogens (tertiary/aromatic N) is 2. The first-order valence-corrected chi connectivity index (χ1v) is 8.31. The Hall–Kier alpha value is -1.08. The molecule has 0 saturated carbocycles. The zero-order valence-corrected chi connectivity index (χ0v) is 14.0. The third-order valence-corrected chi connectivity index (χ3v) is 4.48. The van der Waals surface area contributed by atoms with Gasteiger partial charge in [0.15, 0.2) is 0 Å². The second kappa shape index (κ2) is 7.64. The molecular weight excluding hydrogens is 344 g/mol. The standard InChI is InChI=1S/C13H17BrN2O3S/c1-4-10(8-20-3)15(2)13(17)9-5-6-11(14)12(7-9)16(18)19/h5-7,10H,4,8H2,1-3H3. The van der Waals surface area contributed by atoms with Gasteiger partial charge in [-0.05, 0) is 40.7 Å². The topological polar surface area (TPSA) is 63.5 Å². The zero-order valence-electron chi connectivity index (χ0n) is 11.6. The first-order chi connectivity index (χ1) is 9.42. The highest BCUT2D eigenvalue weighted by molar-refractivity contribution is 9.10. The molecule has 0 aromatic heterocycles. The number of halogens is 1. The van der Waals surface area contributed by atoms with Gasteiger partial charge < -0.3 is 4.90 Å². The van der Waals surface area contributed by atoms with Crippen LogP contribution in [-0.2, 0) is 0 Å². The molecule has 1 unspecified atom stereocenters. The summed E-state index contributed by atoms with van der Waals surface area (Å²) in [5.74, 6) is 0.652. The Morgan fingerprint density at radius 3 is 2.70 bits per heavy atom. The normalized spacial score (nSPS) is 12.0. The minimum absolute atomic E-state index is 0.0952. The maximum absolute atomic E-state index is 12.4. The molecule has 0 aliphatic carbocycles. The smallest absolute Gasteiger partial charge is 0.284 e. The molecule has 1 amide bonds. The summed E-state index contributed by atoms with van der Waals surface area (Å²) < 4.78 is 0.373. The molecule has 110 valence electrons. The van der Waals surface area contributed by atoms with Crippen LogP contribution >= 0.6 is 27.7 Å². The highest BCUT2D eigenvalue weighted by Crippen LogP contribution is 2.26. The Kier molecular flexibility index (Phi) is 6.48. The molecule has 0 N–H and O–H groups in total. The predicted octanol–water partition coefficient (Wildman–Crippen LogP) is 3.57. The average Bonchev–Trinajstić information content (AvgIpc) is 2.43. The van der Waals surface area contributed by atoms with E-state index < -0.39 is 4.92 Å². The van der Waals surface area contributed by atoms with Crippen molar-refractivity contribution in [2.45, 2.75) is 19.4 Å². The molecule has 0 aliphatic rings. The second-order valence-corrected chi connectivity index (χ2v) is 6.12. The van der Waals surface area contributed by atoms with E-state index >= 15 is 0 Å². The number of nitro benzene ring substituents is 1. The lowest BCUT2D eigenvalue weighted by Crippen LogP contribution is -2.38. The lowest BCUT2D eigenvalue weighted by molar-refractivity contribution is -0.385. The van der Waals surface area contributed by atoms with Crippen LogP contribution in [0.4, 0.5) is 5.69 Å². The van der Waals surface area contributed by atoms with Gasteiger partial charge >= 0.3 is 0 Å². The maximum Gasteiger partial charge on any atom is 0.284 e. The summed E-state index contributed by atoms with van der Waals surface area (Å²) in [5, 5.41) is 10.9. The largest absolute Gasteiger partial charge is 0.338 e. The number of nitro groups is 1.